The van der Waals surface area contributed by atoms with Gasteiger partial charge < -0.3 is 33.8 Å². The largest absolute Gasteiger partial charge is 0.472 e. The highest BCUT2D eigenvalue weighted by Crippen LogP contribution is 2.45. The third-order valence-corrected chi connectivity index (χ3v) is 17.9. The Labute approximate surface area is 554 Å². The van der Waals surface area contributed by atoms with Crippen molar-refractivity contribution in [2.24, 2.45) is 17.8 Å². The molecule has 3 N–H and O–H groups in total. The van der Waals surface area contributed by atoms with Crippen LogP contribution in [0, 0.1) is 17.8 Å². The molecule has 0 heterocycles. The monoisotopic (exact) mass is 1330 g/mol. The molecule has 0 aliphatic rings. The second-order valence-electron chi connectivity index (χ2n) is 26.7. The average molecular weight is 1340 g/mol. The first-order chi connectivity index (χ1) is 43.7. The summed E-state index contributed by atoms with van der Waals surface area (Å²) in [6.07, 6.45) is 49.6. The van der Waals surface area contributed by atoms with Crippen LogP contribution in [-0.4, -0.2) is 96.7 Å². The van der Waals surface area contributed by atoms with Crippen LogP contribution in [0.2, 0.25) is 0 Å². The minimum atomic E-state index is -4.96. The molecule has 0 saturated heterocycles. The van der Waals surface area contributed by atoms with Gasteiger partial charge in [0.2, 0.25) is 0 Å². The van der Waals surface area contributed by atoms with Crippen LogP contribution >= 0.6 is 15.6 Å². The van der Waals surface area contributed by atoms with E-state index in [1.165, 1.54) is 128 Å². The fourth-order valence-corrected chi connectivity index (χ4v) is 11.9. The standard InChI is InChI=1S/C72H136O17P2/c1-8-9-10-11-12-13-14-15-16-19-23-26-32-41-48-55-71(76)88-68(60-83-70(75)54-47-40-35-34-38-45-52-65(6)7)62-87-91(80,81)85-58-66(73)57-84-90(78,79)86-61-67(89-72(77)56-49-42-33-28-27-30-37-44-51-64(4)5)59-82-69(74)53-46-39-31-25-22-20-17-18-21-24-29-36-43-50-63(2)3/h13-16,63-68,73H,8-12,17-62H2,1-7H3,(H,78,79)(H,80,81)/b14-13-,16-15-/t66-,67-,68-/m1/s1. The van der Waals surface area contributed by atoms with Crippen molar-refractivity contribution in [3.8, 4) is 0 Å². The molecule has 536 valence electrons. The number of hydrogen-bond donors (Lipinski definition) is 3. The van der Waals surface area contributed by atoms with Crippen molar-refractivity contribution >= 4 is 39.5 Å². The Morgan fingerprint density at radius 3 is 0.890 bits per heavy atom. The Hall–Kier alpha value is -2.46. The summed E-state index contributed by atoms with van der Waals surface area (Å²) in [4.78, 5) is 72.5. The van der Waals surface area contributed by atoms with Crippen LogP contribution in [0.25, 0.3) is 0 Å². The van der Waals surface area contributed by atoms with E-state index in [9.17, 15) is 43.2 Å². The van der Waals surface area contributed by atoms with Crippen LogP contribution in [0.15, 0.2) is 24.3 Å². The van der Waals surface area contributed by atoms with Gasteiger partial charge in [-0.15, -0.1) is 0 Å². The molecule has 0 spiro atoms. The minimum Gasteiger partial charge on any atom is -0.462 e. The molecule has 0 fully saturated rings. The molecule has 0 aromatic carbocycles. The number of carbonyl (C=O) groups excluding carboxylic acids is 4. The molecule has 0 bridgehead atoms. The number of phosphoric acid groups is 2. The van der Waals surface area contributed by atoms with Crippen molar-refractivity contribution in [1.29, 1.82) is 0 Å². The lowest BCUT2D eigenvalue weighted by Crippen LogP contribution is -2.30. The van der Waals surface area contributed by atoms with E-state index in [4.69, 9.17) is 37.0 Å². The molecule has 19 heteroatoms. The zero-order valence-corrected chi connectivity index (χ0v) is 60.6. The van der Waals surface area contributed by atoms with Gasteiger partial charge in [0.05, 0.1) is 26.4 Å². The van der Waals surface area contributed by atoms with Gasteiger partial charge in [-0.05, 0) is 69.1 Å². The average Bonchev–Trinajstić information content (AvgIpc) is 3.60. The van der Waals surface area contributed by atoms with Gasteiger partial charge in [-0.3, -0.25) is 37.3 Å². The van der Waals surface area contributed by atoms with Crippen LogP contribution in [0.4, 0.5) is 0 Å². The molecule has 5 atom stereocenters. The second-order valence-corrected chi connectivity index (χ2v) is 29.6. The van der Waals surface area contributed by atoms with Crippen LogP contribution in [0.5, 0.6) is 0 Å². The molecular formula is C72H136O17P2. The number of rotatable bonds is 68. The lowest BCUT2D eigenvalue weighted by molar-refractivity contribution is -0.161. The van der Waals surface area contributed by atoms with Crippen LogP contribution in [0.1, 0.15) is 337 Å². The minimum absolute atomic E-state index is 0.0835. The van der Waals surface area contributed by atoms with E-state index < -0.39 is 97.5 Å². The van der Waals surface area contributed by atoms with Gasteiger partial charge in [-0.2, -0.15) is 0 Å². The first-order valence-electron chi connectivity index (χ1n) is 36.7. The third-order valence-electron chi connectivity index (χ3n) is 16.0. The number of hydrogen-bond acceptors (Lipinski definition) is 15. The summed E-state index contributed by atoms with van der Waals surface area (Å²) in [5, 5.41) is 10.6. The number of ether oxygens (including phenoxy) is 4. The predicted molar refractivity (Wildman–Crippen MR) is 367 cm³/mol. The first kappa shape index (κ1) is 88.5. The highest BCUT2D eigenvalue weighted by atomic mass is 31.2. The molecule has 2 unspecified atom stereocenters. The van der Waals surface area contributed by atoms with Crippen molar-refractivity contribution in [1.82, 2.24) is 0 Å². The summed E-state index contributed by atoms with van der Waals surface area (Å²) in [6.45, 7) is 11.7. The van der Waals surface area contributed by atoms with Crippen molar-refractivity contribution in [3.63, 3.8) is 0 Å². The van der Waals surface area contributed by atoms with Crippen molar-refractivity contribution in [2.45, 2.75) is 356 Å². The van der Waals surface area contributed by atoms with E-state index in [2.05, 4.69) is 72.8 Å². The Kier molecular flexibility index (Phi) is 60.7. The second kappa shape index (κ2) is 62.4. The highest BCUT2D eigenvalue weighted by Gasteiger charge is 2.30. The van der Waals surface area contributed by atoms with Gasteiger partial charge in [-0.25, -0.2) is 9.13 Å². The smallest absolute Gasteiger partial charge is 0.462 e. The summed E-state index contributed by atoms with van der Waals surface area (Å²) < 4.78 is 68.3. The third kappa shape index (κ3) is 66.0. The van der Waals surface area contributed by atoms with Gasteiger partial charge in [0.25, 0.3) is 0 Å². The van der Waals surface area contributed by atoms with Gasteiger partial charge in [0, 0.05) is 25.7 Å². The Morgan fingerprint density at radius 2 is 0.593 bits per heavy atom. The first-order valence-corrected chi connectivity index (χ1v) is 39.7. The van der Waals surface area contributed by atoms with Crippen molar-refractivity contribution in [2.75, 3.05) is 39.6 Å². The van der Waals surface area contributed by atoms with Gasteiger partial charge in [0.1, 0.15) is 19.3 Å². The fraction of sp³-hybridized carbons (Fsp3) is 0.889. The van der Waals surface area contributed by atoms with Crippen LogP contribution < -0.4 is 0 Å². The lowest BCUT2D eigenvalue weighted by atomic mass is 10.0. The normalized spacial score (nSPS) is 14.3. The van der Waals surface area contributed by atoms with Crippen LogP contribution in [0.3, 0.4) is 0 Å². The molecule has 0 aliphatic carbocycles. The molecule has 0 radical (unpaired) electrons. The van der Waals surface area contributed by atoms with Crippen molar-refractivity contribution in [3.05, 3.63) is 24.3 Å². The molecule has 0 aromatic heterocycles. The number of allylic oxidation sites excluding steroid dienone is 4. The molecule has 0 saturated carbocycles. The van der Waals surface area contributed by atoms with E-state index in [-0.39, 0.29) is 25.7 Å². The molecular weight excluding hydrogens is 1200 g/mol. The number of esters is 4. The molecule has 0 amide bonds. The van der Waals surface area contributed by atoms with Crippen molar-refractivity contribution < 1.29 is 80.2 Å². The number of phosphoric ester groups is 2. The van der Waals surface area contributed by atoms with Gasteiger partial charge in [-0.1, -0.05) is 285 Å². The van der Waals surface area contributed by atoms with E-state index in [0.29, 0.717) is 37.5 Å². The van der Waals surface area contributed by atoms with E-state index in [1.54, 1.807) is 0 Å². The van der Waals surface area contributed by atoms with E-state index in [1.807, 2.05) is 0 Å². The van der Waals surface area contributed by atoms with Gasteiger partial charge >= 0.3 is 39.5 Å². The topological polar surface area (TPSA) is 237 Å². The molecule has 0 aromatic rings. The summed E-state index contributed by atoms with van der Waals surface area (Å²) in [5.74, 6) is 0.0243. The summed E-state index contributed by atoms with van der Waals surface area (Å²) >= 11 is 0. The summed E-state index contributed by atoms with van der Waals surface area (Å²) in [7, 11) is -9.92. The fourth-order valence-electron chi connectivity index (χ4n) is 10.4. The Morgan fingerprint density at radius 1 is 0.341 bits per heavy atom. The van der Waals surface area contributed by atoms with E-state index >= 15 is 0 Å². The predicted octanol–water partition coefficient (Wildman–Crippen LogP) is 20.2. The maximum Gasteiger partial charge on any atom is 0.472 e. The molecule has 91 heavy (non-hydrogen) atoms. The highest BCUT2D eigenvalue weighted by molar-refractivity contribution is 7.47. The Bertz CT molecular complexity index is 1880. The summed E-state index contributed by atoms with van der Waals surface area (Å²) in [6, 6.07) is 0. The SMILES string of the molecule is CCCCCC/C=C\C=C/CCCCCCCC(=O)O[C@H](COC(=O)CCCCCCCCC(C)C)COP(=O)(O)OC[C@H](O)COP(=O)(O)OC[C@@H](COC(=O)CCCCCCCCCCCCCCCC(C)C)OC(=O)CCCCCCCCCCC(C)C. The summed E-state index contributed by atoms with van der Waals surface area (Å²) in [5.41, 5.74) is 0. The Balaban J connectivity index is 5.25. The molecule has 0 aliphatic heterocycles. The lowest BCUT2D eigenvalue weighted by Gasteiger charge is -2.21. The number of aliphatic hydroxyl groups is 1. The number of aliphatic hydroxyl groups excluding tert-OH is 1. The van der Waals surface area contributed by atoms with Gasteiger partial charge in [0.15, 0.2) is 12.2 Å². The maximum absolute atomic E-state index is 13.0. The quantitative estimate of drug-likeness (QED) is 0.0169. The molecule has 17 nitrogen and oxygen atoms in total. The zero-order chi connectivity index (χ0) is 67.3. The maximum atomic E-state index is 13.0. The number of unbranched alkanes of at least 4 members (excludes halogenated alkanes) is 33. The molecule has 0 rings (SSSR count). The van der Waals surface area contributed by atoms with E-state index in [0.717, 1.165) is 115 Å². The zero-order valence-electron chi connectivity index (χ0n) is 58.8. The number of carbonyl (C=O) groups is 4. The van der Waals surface area contributed by atoms with Crippen LogP contribution in [-0.2, 0) is 65.4 Å².